The summed E-state index contributed by atoms with van der Waals surface area (Å²) in [4.78, 5) is 12.7. The van der Waals surface area contributed by atoms with Gasteiger partial charge in [0, 0.05) is 22.5 Å². The van der Waals surface area contributed by atoms with E-state index in [4.69, 9.17) is 9.47 Å². The number of carbonyl (C=O) groups excluding carboxylic acids is 1. The molecule has 2 bridgehead atoms. The highest BCUT2D eigenvalue weighted by atomic mass is 16.6. The molecular formula is C21H24O5. The Morgan fingerprint density at radius 3 is 2.69 bits per heavy atom. The highest BCUT2D eigenvalue weighted by Crippen LogP contribution is 2.75. The zero-order valence-corrected chi connectivity index (χ0v) is 14.9. The van der Waals surface area contributed by atoms with E-state index in [9.17, 15) is 15.0 Å². The minimum Gasteiger partial charge on any atom is -0.508 e. The van der Waals surface area contributed by atoms with E-state index >= 15 is 0 Å². The first-order valence-electron chi connectivity index (χ1n) is 9.91. The number of hydrogen-bond acceptors (Lipinski definition) is 5. The lowest BCUT2D eigenvalue weighted by molar-refractivity contribution is -0.145. The van der Waals surface area contributed by atoms with E-state index in [1.165, 1.54) is 6.07 Å². The van der Waals surface area contributed by atoms with Gasteiger partial charge in [-0.2, -0.15) is 0 Å². The Balaban J connectivity index is 1.67. The monoisotopic (exact) mass is 356 g/mol. The summed E-state index contributed by atoms with van der Waals surface area (Å²) in [6.45, 7) is 2.93. The number of aromatic hydroxyl groups is 2. The van der Waals surface area contributed by atoms with E-state index in [1.54, 1.807) is 6.07 Å². The zero-order valence-electron chi connectivity index (χ0n) is 14.9. The summed E-state index contributed by atoms with van der Waals surface area (Å²) in [5, 5.41) is 21.3. The maximum absolute atomic E-state index is 12.7. The number of benzene rings is 1. The minimum absolute atomic E-state index is 0.0502. The van der Waals surface area contributed by atoms with Crippen molar-refractivity contribution < 1.29 is 24.5 Å². The zero-order chi connectivity index (χ0) is 17.8. The Kier molecular flexibility index (Phi) is 2.80. The molecule has 6 rings (SSSR count). The highest BCUT2D eigenvalue weighted by molar-refractivity contribution is 5.77. The molecule has 2 saturated carbocycles. The fourth-order valence-electron chi connectivity index (χ4n) is 7.54. The van der Waals surface area contributed by atoms with E-state index < -0.39 is 6.10 Å². The van der Waals surface area contributed by atoms with Crippen molar-refractivity contribution in [2.24, 2.45) is 35.0 Å². The van der Waals surface area contributed by atoms with Crippen LogP contribution in [0, 0.1) is 35.0 Å². The Hall–Kier alpha value is -1.75. The van der Waals surface area contributed by atoms with Gasteiger partial charge in [-0.05, 0) is 55.6 Å². The van der Waals surface area contributed by atoms with Crippen LogP contribution in [0.1, 0.15) is 55.9 Å². The lowest BCUT2D eigenvalue weighted by atomic mass is 9.49. The molecule has 2 heterocycles. The van der Waals surface area contributed by atoms with Crippen LogP contribution in [0.4, 0.5) is 0 Å². The number of esters is 1. The molecule has 1 spiro atoms. The number of hydrogen-bond donors (Lipinski definition) is 2. The first-order chi connectivity index (χ1) is 12.5. The molecule has 2 N–H and O–H groups in total. The van der Waals surface area contributed by atoms with Gasteiger partial charge >= 0.3 is 5.97 Å². The lowest BCUT2D eigenvalue weighted by Crippen LogP contribution is -2.51. The first-order valence-corrected chi connectivity index (χ1v) is 9.91. The number of phenolic OH excluding ortho intramolecular Hbond substituents is 2. The van der Waals surface area contributed by atoms with Gasteiger partial charge in [0.1, 0.15) is 17.6 Å². The summed E-state index contributed by atoms with van der Waals surface area (Å²) in [5.41, 5.74) is 1.09. The van der Waals surface area contributed by atoms with Crippen molar-refractivity contribution in [2.45, 2.75) is 44.8 Å². The van der Waals surface area contributed by atoms with Crippen LogP contribution in [0.2, 0.25) is 0 Å². The van der Waals surface area contributed by atoms with E-state index in [2.05, 4.69) is 6.92 Å². The number of fused-ring (bicyclic) bond motifs is 3. The first kappa shape index (κ1) is 15.3. The summed E-state index contributed by atoms with van der Waals surface area (Å²) >= 11 is 0. The predicted molar refractivity (Wildman–Crippen MR) is 91.3 cm³/mol. The van der Waals surface area contributed by atoms with Gasteiger partial charge in [0.2, 0.25) is 0 Å². The third-order valence-electron chi connectivity index (χ3n) is 8.37. The number of rotatable bonds is 0. The van der Waals surface area contributed by atoms with Gasteiger partial charge in [-0.1, -0.05) is 6.92 Å². The number of phenols is 2. The molecule has 5 heteroatoms. The average molecular weight is 356 g/mol. The van der Waals surface area contributed by atoms with Crippen molar-refractivity contribution >= 4 is 5.97 Å². The summed E-state index contributed by atoms with van der Waals surface area (Å²) in [7, 11) is 0. The van der Waals surface area contributed by atoms with Crippen molar-refractivity contribution in [3.63, 3.8) is 0 Å². The highest BCUT2D eigenvalue weighted by Gasteiger charge is 2.71. The van der Waals surface area contributed by atoms with E-state index in [0.717, 1.165) is 25.7 Å². The van der Waals surface area contributed by atoms with Gasteiger partial charge in [0.15, 0.2) is 0 Å². The van der Waals surface area contributed by atoms with Crippen molar-refractivity contribution in [3.8, 4) is 11.5 Å². The van der Waals surface area contributed by atoms with Crippen LogP contribution in [0.25, 0.3) is 0 Å². The summed E-state index contributed by atoms with van der Waals surface area (Å²) < 4.78 is 12.3. The van der Waals surface area contributed by atoms with Gasteiger partial charge < -0.3 is 19.7 Å². The molecule has 0 aromatic heterocycles. The van der Waals surface area contributed by atoms with Crippen molar-refractivity contribution in [1.29, 1.82) is 0 Å². The summed E-state index contributed by atoms with van der Waals surface area (Å²) in [6.07, 6.45) is 3.36. The molecule has 0 radical (unpaired) electrons. The SMILES string of the molecule is CC1COC2c3c(O)ccc(O)c3C3OC(=O)C4CCC5C1CCC25C43. The van der Waals surface area contributed by atoms with Gasteiger partial charge in [0.05, 0.1) is 18.6 Å². The second-order valence-corrected chi connectivity index (χ2v) is 9.11. The van der Waals surface area contributed by atoms with Gasteiger partial charge in [-0.3, -0.25) is 4.79 Å². The molecule has 0 amide bonds. The molecule has 5 nitrogen and oxygen atoms in total. The molecule has 1 aromatic rings. The van der Waals surface area contributed by atoms with Crippen LogP contribution < -0.4 is 0 Å². The average Bonchev–Trinajstić information content (AvgIpc) is 3.13. The molecule has 1 aromatic carbocycles. The van der Waals surface area contributed by atoms with Crippen LogP contribution in [-0.2, 0) is 14.3 Å². The summed E-state index contributed by atoms with van der Waals surface area (Å²) in [6, 6.07) is 3.05. The normalized spacial score (nSPS) is 47.7. The Morgan fingerprint density at radius 1 is 1.12 bits per heavy atom. The van der Waals surface area contributed by atoms with Gasteiger partial charge in [-0.25, -0.2) is 0 Å². The van der Waals surface area contributed by atoms with Crippen molar-refractivity contribution in [1.82, 2.24) is 0 Å². The van der Waals surface area contributed by atoms with Crippen molar-refractivity contribution in [2.75, 3.05) is 6.61 Å². The fourth-order valence-corrected chi connectivity index (χ4v) is 7.54. The second kappa shape index (κ2) is 4.75. The molecule has 2 aliphatic heterocycles. The topological polar surface area (TPSA) is 76.0 Å². The minimum atomic E-state index is -0.454. The third-order valence-corrected chi connectivity index (χ3v) is 8.37. The Bertz CT molecular complexity index is 819. The Labute approximate surface area is 152 Å². The van der Waals surface area contributed by atoms with Crippen LogP contribution in [0.3, 0.4) is 0 Å². The predicted octanol–water partition coefficient (Wildman–Crippen LogP) is 3.46. The Morgan fingerprint density at radius 2 is 1.88 bits per heavy atom. The van der Waals surface area contributed by atoms with Crippen LogP contribution in [-0.4, -0.2) is 22.8 Å². The molecule has 4 fully saturated rings. The lowest BCUT2D eigenvalue weighted by Gasteiger charge is -2.54. The van der Waals surface area contributed by atoms with Crippen LogP contribution >= 0.6 is 0 Å². The maximum Gasteiger partial charge on any atom is 0.310 e. The van der Waals surface area contributed by atoms with E-state index in [0.29, 0.717) is 35.5 Å². The number of ether oxygens (including phenoxy) is 2. The molecular weight excluding hydrogens is 332 g/mol. The smallest absolute Gasteiger partial charge is 0.310 e. The molecule has 138 valence electrons. The third kappa shape index (κ3) is 1.52. The van der Waals surface area contributed by atoms with E-state index in [-0.39, 0.29) is 40.8 Å². The van der Waals surface area contributed by atoms with Gasteiger partial charge in [0.25, 0.3) is 0 Å². The quantitative estimate of drug-likeness (QED) is 0.550. The molecule has 8 unspecified atom stereocenters. The van der Waals surface area contributed by atoms with E-state index in [1.807, 2.05) is 0 Å². The van der Waals surface area contributed by atoms with Crippen molar-refractivity contribution in [3.05, 3.63) is 23.3 Å². The molecule has 2 saturated heterocycles. The standard InChI is InChI=1S/C21H24O5/c1-9-8-25-19-16-14(23)5-4-13(22)15(16)18-17-11(20(24)26-18)2-3-12-10(9)6-7-21(12,17)19/h4-5,9-12,17-19,22-23H,2-3,6-8H2,1H3. The molecule has 3 aliphatic carbocycles. The molecule has 26 heavy (non-hydrogen) atoms. The van der Waals surface area contributed by atoms with Crippen LogP contribution in [0.5, 0.6) is 11.5 Å². The maximum atomic E-state index is 12.7. The van der Waals surface area contributed by atoms with Crippen LogP contribution in [0.15, 0.2) is 12.1 Å². The molecule has 8 atom stereocenters. The fraction of sp³-hybridized carbons (Fsp3) is 0.667. The largest absolute Gasteiger partial charge is 0.508 e. The molecule has 5 aliphatic rings. The second-order valence-electron chi connectivity index (χ2n) is 9.11. The summed E-state index contributed by atoms with van der Waals surface area (Å²) in [5.74, 6) is 1.64. The number of carbonyl (C=O) groups is 1. The van der Waals surface area contributed by atoms with Gasteiger partial charge in [-0.15, -0.1) is 0 Å².